The maximum Gasteiger partial charge on any atom is 0.323 e. The van der Waals surface area contributed by atoms with Crippen LogP contribution in [-0.2, 0) is 10.8 Å². The van der Waals surface area contributed by atoms with E-state index in [2.05, 4.69) is 36.4 Å². The molecular formula is C26H29N3O3. The van der Waals surface area contributed by atoms with Crippen LogP contribution in [0.5, 0.6) is 11.6 Å². The minimum Gasteiger partial charge on any atom is -0.437 e. The summed E-state index contributed by atoms with van der Waals surface area (Å²) in [4.78, 5) is 16.9. The van der Waals surface area contributed by atoms with Gasteiger partial charge in [-0.25, -0.2) is 9.78 Å². The molecule has 3 N–H and O–H groups in total. The zero-order chi connectivity index (χ0) is 22.8. The largest absolute Gasteiger partial charge is 0.437 e. The van der Waals surface area contributed by atoms with Gasteiger partial charge in [0.25, 0.3) is 0 Å². The van der Waals surface area contributed by atoms with Crippen molar-refractivity contribution in [1.29, 1.82) is 0 Å². The Hall–Kier alpha value is -3.38. The van der Waals surface area contributed by atoms with Crippen LogP contribution in [0.1, 0.15) is 44.7 Å². The molecule has 2 amide bonds. The number of nitrogens with one attached hydrogen (secondary N) is 2. The van der Waals surface area contributed by atoms with Gasteiger partial charge in [-0.2, -0.15) is 0 Å². The summed E-state index contributed by atoms with van der Waals surface area (Å²) in [5.41, 5.74) is 3.11. The smallest absolute Gasteiger partial charge is 0.323 e. The van der Waals surface area contributed by atoms with Gasteiger partial charge >= 0.3 is 6.03 Å². The highest BCUT2D eigenvalue weighted by Gasteiger charge is 2.43. The molecule has 1 aromatic heterocycles. The number of carbonyl (C=O) groups is 1. The van der Waals surface area contributed by atoms with E-state index < -0.39 is 0 Å². The van der Waals surface area contributed by atoms with Gasteiger partial charge in [-0.3, -0.25) is 0 Å². The van der Waals surface area contributed by atoms with Crippen LogP contribution in [0.15, 0.2) is 66.9 Å². The van der Waals surface area contributed by atoms with Crippen LogP contribution in [0.25, 0.3) is 0 Å². The van der Waals surface area contributed by atoms with Crippen molar-refractivity contribution >= 4 is 17.4 Å². The quantitative estimate of drug-likeness (QED) is 0.458. The van der Waals surface area contributed by atoms with Crippen LogP contribution >= 0.6 is 0 Å². The molecule has 6 heteroatoms. The molecule has 1 aliphatic rings. The van der Waals surface area contributed by atoms with Gasteiger partial charge in [-0.1, -0.05) is 51.1 Å². The van der Waals surface area contributed by atoms with Crippen molar-refractivity contribution in [2.45, 2.75) is 44.4 Å². The number of pyridine rings is 1. The summed E-state index contributed by atoms with van der Waals surface area (Å²) in [5.74, 6) is 1.03. The van der Waals surface area contributed by atoms with Crippen LogP contribution in [0.4, 0.5) is 16.2 Å². The van der Waals surface area contributed by atoms with E-state index in [0.29, 0.717) is 23.0 Å². The Balaban J connectivity index is 1.46. The molecule has 4 rings (SSSR count). The van der Waals surface area contributed by atoms with E-state index >= 15 is 0 Å². The third-order valence-corrected chi connectivity index (χ3v) is 5.83. The number of nitrogens with zero attached hydrogens (tertiary/aromatic N) is 1. The number of benzene rings is 2. The molecule has 0 atom stereocenters. The highest BCUT2D eigenvalue weighted by molar-refractivity contribution is 6.00. The van der Waals surface area contributed by atoms with Crippen molar-refractivity contribution in [3.05, 3.63) is 78.0 Å². The Labute approximate surface area is 188 Å². The molecule has 0 saturated heterocycles. The average molecular weight is 432 g/mol. The zero-order valence-electron chi connectivity index (χ0n) is 18.7. The second-order valence-corrected chi connectivity index (χ2v) is 9.30. The number of aromatic nitrogens is 1. The van der Waals surface area contributed by atoms with Gasteiger partial charge in [0, 0.05) is 22.9 Å². The number of hydrogen-bond acceptors (Lipinski definition) is 4. The van der Waals surface area contributed by atoms with E-state index in [-0.39, 0.29) is 23.5 Å². The number of carbonyl (C=O) groups excluding carboxylic acids is 1. The van der Waals surface area contributed by atoms with Crippen molar-refractivity contribution in [2.24, 2.45) is 0 Å². The minimum absolute atomic E-state index is 0.0912. The van der Waals surface area contributed by atoms with E-state index in [9.17, 15) is 9.90 Å². The fourth-order valence-corrected chi connectivity index (χ4v) is 3.73. The van der Waals surface area contributed by atoms with E-state index in [4.69, 9.17) is 4.74 Å². The van der Waals surface area contributed by atoms with Crippen LogP contribution in [0.3, 0.4) is 0 Å². The van der Waals surface area contributed by atoms with E-state index in [0.717, 1.165) is 24.0 Å². The van der Waals surface area contributed by atoms with Crippen LogP contribution in [0, 0.1) is 0 Å². The summed E-state index contributed by atoms with van der Waals surface area (Å²) >= 11 is 0. The second kappa shape index (κ2) is 8.63. The molecule has 166 valence electrons. The first-order valence-corrected chi connectivity index (χ1v) is 10.8. The molecule has 0 spiro atoms. The molecule has 6 nitrogen and oxygen atoms in total. The van der Waals surface area contributed by atoms with Gasteiger partial charge < -0.3 is 20.5 Å². The lowest BCUT2D eigenvalue weighted by atomic mass is 9.86. The molecule has 1 aliphatic carbocycles. The molecule has 0 unspecified atom stereocenters. The number of para-hydroxylation sites is 1. The minimum atomic E-state index is -0.386. The molecule has 0 aliphatic heterocycles. The topological polar surface area (TPSA) is 83.5 Å². The highest BCUT2D eigenvalue weighted by Crippen LogP contribution is 2.47. The van der Waals surface area contributed by atoms with E-state index in [1.807, 2.05) is 48.5 Å². The van der Waals surface area contributed by atoms with Gasteiger partial charge in [0.2, 0.25) is 5.88 Å². The predicted octanol–water partition coefficient (Wildman–Crippen LogP) is 5.84. The maximum atomic E-state index is 12.6. The summed E-state index contributed by atoms with van der Waals surface area (Å²) < 4.78 is 6.11. The van der Waals surface area contributed by atoms with Crippen LogP contribution in [0.2, 0.25) is 0 Å². The Morgan fingerprint density at radius 3 is 2.41 bits per heavy atom. The first kappa shape index (κ1) is 21.8. The number of ether oxygens (including phenoxy) is 1. The first-order chi connectivity index (χ1) is 15.3. The number of aliphatic hydroxyl groups is 1. The van der Waals surface area contributed by atoms with Gasteiger partial charge in [-0.05, 0) is 54.2 Å². The number of urea groups is 1. The summed E-state index contributed by atoms with van der Waals surface area (Å²) in [7, 11) is 0. The van der Waals surface area contributed by atoms with Crippen molar-refractivity contribution in [2.75, 3.05) is 17.2 Å². The lowest BCUT2D eigenvalue weighted by Crippen LogP contribution is -2.20. The number of hydrogen-bond donors (Lipinski definition) is 3. The zero-order valence-corrected chi connectivity index (χ0v) is 18.7. The second-order valence-electron chi connectivity index (χ2n) is 9.30. The van der Waals surface area contributed by atoms with E-state index in [1.165, 1.54) is 0 Å². The first-order valence-electron chi connectivity index (χ1n) is 10.8. The molecular weight excluding hydrogens is 402 g/mol. The molecule has 0 radical (unpaired) electrons. The number of amides is 2. The normalized spacial score (nSPS) is 14.5. The average Bonchev–Trinajstić information content (AvgIpc) is 3.57. The Morgan fingerprint density at radius 2 is 1.75 bits per heavy atom. The number of anilines is 2. The number of rotatable bonds is 6. The molecule has 0 bridgehead atoms. The maximum absolute atomic E-state index is 12.6. The van der Waals surface area contributed by atoms with Crippen LogP contribution in [-0.4, -0.2) is 22.7 Å². The van der Waals surface area contributed by atoms with Crippen molar-refractivity contribution in [1.82, 2.24) is 4.98 Å². The molecule has 3 aromatic rings. The lowest BCUT2D eigenvalue weighted by molar-refractivity contribution is 0.255. The highest BCUT2D eigenvalue weighted by atomic mass is 16.5. The van der Waals surface area contributed by atoms with Gasteiger partial charge in [0.15, 0.2) is 0 Å². The molecule has 32 heavy (non-hydrogen) atoms. The summed E-state index contributed by atoms with van der Waals surface area (Å²) in [6, 6.07) is 18.6. The fraction of sp³-hybridized carbons (Fsp3) is 0.308. The summed E-state index contributed by atoms with van der Waals surface area (Å²) in [5, 5.41) is 15.3. The van der Waals surface area contributed by atoms with Gasteiger partial charge in [-0.15, -0.1) is 0 Å². The molecule has 1 heterocycles. The molecule has 2 aromatic carbocycles. The monoisotopic (exact) mass is 431 g/mol. The fourth-order valence-electron chi connectivity index (χ4n) is 3.73. The SMILES string of the molecule is CC(C)(C)c1ccccc1Oc1ncccc1NC(=O)Nc1ccc(C2(CO)CC2)cc1. The van der Waals surface area contributed by atoms with Crippen LogP contribution < -0.4 is 15.4 Å². The third kappa shape index (κ3) is 4.75. The van der Waals surface area contributed by atoms with Crippen molar-refractivity contribution in [3.63, 3.8) is 0 Å². The third-order valence-electron chi connectivity index (χ3n) is 5.83. The molecule has 1 fully saturated rings. The predicted molar refractivity (Wildman–Crippen MR) is 127 cm³/mol. The number of aliphatic hydroxyl groups excluding tert-OH is 1. The Bertz CT molecular complexity index is 1100. The Morgan fingerprint density at radius 1 is 1.03 bits per heavy atom. The Kier molecular flexibility index (Phi) is 5.89. The summed E-state index contributed by atoms with van der Waals surface area (Å²) in [6.45, 7) is 6.52. The lowest BCUT2D eigenvalue weighted by Gasteiger charge is -2.22. The van der Waals surface area contributed by atoms with Gasteiger partial charge in [0.1, 0.15) is 11.4 Å². The standard InChI is InChI=1S/C26H29N3O3/c1-25(2,3)20-7-4-5-9-22(20)32-23-21(8-6-16-27-23)29-24(31)28-19-12-10-18(11-13-19)26(17-30)14-15-26/h4-13,16,30H,14-15,17H2,1-3H3,(H2,28,29,31). The van der Waals surface area contributed by atoms with E-state index in [1.54, 1.807) is 18.3 Å². The molecule has 1 saturated carbocycles. The van der Waals surface area contributed by atoms with Gasteiger partial charge in [0.05, 0.1) is 6.61 Å². The van der Waals surface area contributed by atoms with Crippen molar-refractivity contribution < 1.29 is 14.6 Å². The van der Waals surface area contributed by atoms with Crippen molar-refractivity contribution in [3.8, 4) is 11.6 Å². The summed E-state index contributed by atoms with van der Waals surface area (Å²) in [6.07, 6.45) is 3.63.